The lowest BCUT2D eigenvalue weighted by Crippen LogP contribution is -2.03. The van der Waals surface area contributed by atoms with E-state index in [9.17, 15) is 5.53 Å². The van der Waals surface area contributed by atoms with Crippen LogP contribution in [0, 0.1) is 0 Å². The third-order valence-electron chi connectivity index (χ3n) is 13.4. The molecule has 0 spiro atoms. The minimum absolute atomic E-state index is 0.930. The number of hydrogen-bond acceptors (Lipinski definition) is 0. The van der Waals surface area contributed by atoms with Crippen molar-refractivity contribution in [2.75, 3.05) is 0 Å². The number of allylic oxidation sites excluding steroid dienone is 2. The standard InChI is InChI=1S/C58H96N2/c1-4-7-10-12-14-16-18-20-22-24-26-28-30-32-34-36-38-42-52-44-40-47-54(49-52)57-51-56(46-9-6-3)58(60(57)59)55-48-41-45-53(50-55)43-39-37-35-33-31-29-27-25-23-21-19-17-15-13-11-8-5-2/h40-41,44-45,47-51H,4-39,42-43,46H2,1-3H3. The summed E-state index contributed by atoms with van der Waals surface area (Å²) in [5.74, 6) is 0. The molecule has 1 heterocycles. The second-order valence-electron chi connectivity index (χ2n) is 19.0. The van der Waals surface area contributed by atoms with Crippen LogP contribution in [0.15, 0.2) is 60.2 Å². The van der Waals surface area contributed by atoms with Crippen LogP contribution in [0.2, 0.25) is 0 Å². The molecular formula is C58H96N2. The highest BCUT2D eigenvalue weighted by molar-refractivity contribution is 5.78. The summed E-state index contributed by atoms with van der Waals surface area (Å²) in [4.78, 5) is 0. The predicted molar refractivity (Wildman–Crippen MR) is 267 cm³/mol. The van der Waals surface area contributed by atoms with Crippen LogP contribution in [0.5, 0.6) is 0 Å². The van der Waals surface area contributed by atoms with Crippen molar-refractivity contribution in [3.8, 4) is 0 Å². The molecule has 1 aliphatic heterocycles. The maximum absolute atomic E-state index is 11.8. The molecule has 60 heavy (non-hydrogen) atoms. The second kappa shape index (κ2) is 36.0. The van der Waals surface area contributed by atoms with Crippen LogP contribution in [0.3, 0.4) is 0 Å². The van der Waals surface area contributed by atoms with Gasteiger partial charge in [0, 0.05) is 22.8 Å². The summed E-state index contributed by atoms with van der Waals surface area (Å²) in [7, 11) is 0. The lowest BCUT2D eigenvalue weighted by molar-refractivity contribution is -0.344. The molecule has 1 aliphatic rings. The fourth-order valence-electron chi connectivity index (χ4n) is 9.49. The van der Waals surface area contributed by atoms with Gasteiger partial charge in [-0.1, -0.05) is 257 Å². The topological polar surface area (TPSA) is 25.3 Å². The average molecular weight is 821 g/mol. The lowest BCUT2D eigenvalue weighted by atomic mass is 9.99. The van der Waals surface area contributed by atoms with E-state index >= 15 is 0 Å². The van der Waals surface area contributed by atoms with Crippen LogP contribution < -0.4 is 0 Å². The number of unbranched alkanes of at least 4 members (excludes halogenated alkanes) is 33. The van der Waals surface area contributed by atoms with Crippen molar-refractivity contribution in [1.29, 1.82) is 0 Å². The molecule has 3 rings (SSSR count). The van der Waals surface area contributed by atoms with Crippen molar-refractivity contribution in [2.45, 2.75) is 271 Å². The lowest BCUT2D eigenvalue weighted by Gasteiger charge is -2.12. The Labute approximate surface area is 373 Å². The van der Waals surface area contributed by atoms with Gasteiger partial charge in [0.05, 0.1) is 0 Å². The van der Waals surface area contributed by atoms with Crippen molar-refractivity contribution in [3.63, 3.8) is 0 Å². The van der Waals surface area contributed by atoms with Gasteiger partial charge < -0.3 is 5.53 Å². The Balaban J connectivity index is 1.31. The molecule has 2 aromatic carbocycles. The Hall–Kier alpha value is -2.48. The third kappa shape index (κ3) is 23.7. The van der Waals surface area contributed by atoms with Crippen LogP contribution in [0.1, 0.15) is 281 Å². The van der Waals surface area contributed by atoms with Crippen LogP contribution in [0.4, 0.5) is 0 Å². The van der Waals surface area contributed by atoms with E-state index in [1.807, 2.05) is 0 Å². The van der Waals surface area contributed by atoms with Gasteiger partial charge in [0.2, 0.25) is 11.4 Å². The first-order valence-corrected chi connectivity index (χ1v) is 26.8. The number of rotatable bonds is 41. The maximum Gasteiger partial charge on any atom is 0.210 e. The van der Waals surface area contributed by atoms with E-state index in [1.165, 1.54) is 240 Å². The molecule has 0 unspecified atom stereocenters. The monoisotopic (exact) mass is 821 g/mol. The molecule has 0 radical (unpaired) electrons. The molecule has 0 saturated heterocycles. The van der Waals surface area contributed by atoms with Gasteiger partial charge in [-0.3, -0.25) is 0 Å². The molecule has 2 aromatic rings. The highest BCUT2D eigenvalue weighted by atomic mass is 15.2. The minimum Gasteiger partial charge on any atom is -0.493 e. The number of benzene rings is 2. The second-order valence-corrected chi connectivity index (χ2v) is 19.0. The van der Waals surface area contributed by atoms with Gasteiger partial charge in [-0.05, 0) is 73.9 Å². The molecule has 2 nitrogen and oxygen atoms in total. The molecule has 0 amide bonds. The van der Waals surface area contributed by atoms with Crippen LogP contribution in [-0.4, -0.2) is 4.70 Å². The van der Waals surface area contributed by atoms with E-state index in [0.29, 0.717) is 0 Å². The summed E-state index contributed by atoms with van der Waals surface area (Å²) >= 11 is 0. The normalized spacial score (nSPS) is 12.9. The first-order valence-electron chi connectivity index (χ1n) is 26.8. The van der Waals surface area contributed by atoms with E-state index in [1.54, 1.807) is 0 Å². The molecule has 0 aromatic heterocycles. The van der Waals surface area contributed by atoms with Crippen molar-refractivity contribution in [3.05, 3.63) is 88.0 Å². The average Bonchev–Trinajstić information content (AvgIpc) is 3.60. The summed E-state index contributed by atoms with van der Waals surface area (Å²) in [5, 5.41) is 0. The summed E-state index contributed by atoms with van der Waals surface area (Å²) in [5.41, 5.74) is 20.0. The number of nitrogens with zero attached hydrogens (tertiary/aromatic N) is 2. The minimum atomic E-state index is 0.930. The van der Waals surface area contributed by atoms with Gasteiger partial charge in [-0.15, -0.1) is 0 Å². The Morgan fingerprint density at radius 1 is 0.350 bits per heavy atom. The third-order valence-corrected chi connectivity index (χ3v) is 13.4. The fourth-order valence-corrected chi connectivity index (χ4v) is 9.49. The summed E-state index contributed by atoms with van der Waals surface area (Å²) in [6.45, 7) is 6.87. The van der Waals surface area contributed by atoms with Crippen LogP contribution in [-0.2, 0) is 12.8 Å². The van der Waals surface area contributed by atoms with E-state index in [0.717, 1.165) is 54.6 Å². The zero-order chi connectivity index (χ0) is 42.6. The van der Waals surface area contributed by atoms with Crippen LogP contribution in [0.25, 0.3) is 16.9 Å². The largest absolute Gasteiger partial charge is 0.493 e. The maximum atomic E-state index is 11.8. The molecule has 0 bridgehead atoms. The van der Waals surface area contributed by atoms with Gasteiger partial charge in [0.1, 0.15) is 0 Å². The van der Waals surface area contributed by atoms with Gasteiger partial charge in [-0.2, -0.15) is 0 Å². The highest BCUT2D eigenvalue weighted by Gasteiger charge is 2.29. The Morgan fingerprint density at radius 3 is 1.03 bits per heavy atom. The zero-order valence-electron chi connectivity index (χ0n) is 40.2. The fraction of sp³-hybridized carbons (Fsp3) is 0.724. The van der Waals surface area contributed by atoms with Gasteiger partial charge in [0.15, 0.2) is 0 Å². The first-order chi connectivity index (χ1) is 29.7. The van der Waals surface area contributed by atoms with Crippen molar-refractivity contribution >= 4 is 11.4 Å². The van der Waals surface area contributed by atoms with Crippen molar-refractivity contribution < 1.29 is 4.70 Å². The molecule has 0 N–H and O–H groups in total. The van der Waals surface area contributed by atoms with E-state index in [-0.39, 0.29) is 0 Å². The first kappa shape index (κ1) is 51.9. The molecular weight excluding hydrogens is 725 g/mol. The predicted octanol–water partition coefficient (Wildman–Crippen LogP) is 20.1. The molecule has 0 fully saturated rings. The summed E-state index contributed by atoms with van der Waals surface area (Å²) in [6, 6.07) is 18.0. The van der Waals surface area contributed by atoms with E-state index in [4.69, 9.17) is 0 Å². The zero-order valence-corrected chi connectivity index (χ0v) is 40.2. The Morgan fingerprint density at radius 2 is 0.667 bits per heavy atom. The molecule has 2 heteroatoms. The number of hydrogen-bond donors (Lipinski definition) is 0. The number of aryl methyl sites for hydroxylation is 2. The Kier molecular flexibility index (Phi) is 31.2. The van der Waals surface area contributed by atoms with E-state index < -0.39 is 0 Å². The van der Waals surface area contributed by atoms with Gasteiger partial charge >= 0.3 is 0 Å². The van der Waals surface area contributed by atoms with Crippen molar-refractivity contribution in [2.24, 2.45) is 0 Å². The van der Waals surface area contributed by atoms with Gasteiger partial charge in [0.25, 0.3) is 0 Å². The smallest absolute Gasteiger partial charge is 0.210 e. The molecule has 0 saturated carbocycles. The Bertz CT molecular complexity index is 1410. The molecule has 0 atom stereocenters. The summed E-state index contributed by atoms with van der Waals surface area (Å²) < 4.78 is 1.51. The van der Waals surface area contributed by atoms with Crippen molar-refractivity contribution in [1.82, 2.24) is 0 Å². The molecule has 338 valence electrons. The summed E-state index contributed by atoms with van der Waals surface area (Å²) in [6.07, 6.45) is 55.7. The quantitative estimate of drug-likeness (QED) is 0.0472. The van der Waals surface area contributed by atoms with E-state index in [2.05, 4.69) is 75.4 Å². The highest BCUT2D eigenvalue weighted by Crippen LogP contribution is 2.38. The van der Waals surface area contributed by atoms with Crippen LogP contribution >= 0.6 is 0 Å². The SMILES string of the molecule is CCCCCCCCCCCCCCCCCCCc1cccc(C2=CC(CCCC)=C(c3cccc(CCCCCCCCCCCCCCCCCCC)c3)[N+]2=[N-])c1. The van der Waals surface area contributed by atoms with Gasteiger partial charge in [-0.25, -0.2) is 4.70 Å². The molecule has 0 aliphatic carbocycles.